The van der Waals surface area contributed by atoms with Gasteiger partial charge in [0.15, 0.2) is 9.84 Å². The summed E-state index contributed by atoms with van der Waals surface area (Å²) in [5, 5.41) is 0. The first-order valence-electron chi connectivity index (χ1n) is 7.57. The number of benzene rings is 2. The van der Waals surface area contributed by atoms with Crippen LogP contribution in [0.4, 0.5) is 0 Å². The quantitative estimate of drug-likeness (QED) is 0.706. The van der Waals surface area contributed by atoms with Crippen molar-refractivity contribution in [2.45, 2.75) is 17.7 Å². The van der Waals surface area contributed by atoms with Crippen molar-refractivity contribution in [1.82, 2.24) is 0 Å². The molecular weight excluding hydrogens is 367 g/mol. The monoisotopic (exact) mass is 384 g/mol. The van der Waals surface area contributed by atoms with Crippen molar-refractivity contribution in [2.24, 2.45) is 5.92 Å². The highest BCUT2D eigenvalue weighted by Crippen LogP contribution is 2.38. The second kappa shape index (κ2) is 6.80. The Bertz CT molecular complexity index is 881. The van der Waals surface area contributed by atoms with Crippen LogP contribution in [-0.4, -0.2) is 24.0 Å². The molecule has 0 aromatic heterocycles. The minimum Gasteiger partial charge on any atom is -0.457 e. The Balaban J connectivity index is 1.66. The topological polar surface area (TPSA) is 110 Å². The SMILES string of the molecule is O=P(O)(O)Oc1ccc(Oc2ccc(S(=O)(=O)CC3CC3)cc2)cc1. The second-order valence-corrected chi connectivity index (χ2v) is 9.05. The van der Waals surface area contributed by atoms with E-state index in [4.69, 9.17) is 14.5 Å². The van der Waals surface area contributed by atoms with Gasteiger partial charge in [-0.25, -0.2) is 13.0 Å². The maximum atomic E-state index is 12.2. The predicted octanol–water partition coefficient (Wildman–Crippen LogP) is 3.13. The van der Waals surface area contributed by atoms with Crippen molar-refractivity contribution in [3.8, 4) is 17.2 Å². The molecule has 0 bridgehead atoms. The molecule has 7 nitrogen and oxygen atoms in total. The summed E-state index contributed by atoms with van der Waals surface area (Å²) in [4.78, 5) is 17.7. The molecule has 134 valence electrons. The number of sulfone groups is 1. The van der Waals surface area contributed by atoms with E-state index in [2.05, 4.69) is 4.52 Å². The molecule has 0 atom stereocenters. The summed E-state index contributed by atoms with van der Waals surface area (Å²) in [6.07, 6.45) is 1.95. The van der Waals surface area contributed by atoms with Crippen LogP contribution in [0.3, 0.4) is 0 Å². The van der Waals surface area contributed by atoms with Crippen LogP contribution in [0.2, 0.25) is 0 Å². The van der Waals surface area contributed by atoms with Crippen LogP contribution in [0.15, 0.2) is 53.4 Å². The maximum Gasteiger partial charge on any atom is 0.524 e. The number of rotatable bonds is 7. The Morgan fingerprint density at radius 3 is 1.88 bits per heavy atom. The third kappa shape index (κ3) is 5.31. The average Bonchev–Trinajstić information content (AvgIpc) is 3.32. The first-order valence-corrected chi connectivity index (χ1v) is 10.8. The number of hydrogen-bond donors (Lipinski definition) is 2. The van der Waals surface area contributed by atoms with Gasteiger partial charge in [-0.1, -0.05) is 0 Å². The van der Waals surface area contributed by atoms with Crippen LogP contribution in [0.1, 0.15) is 12.8 Å². The van der Waals surface area contributed by atoms with Crippen molar-refractivity contribution in [3.05, 3.63) is 48.5 Å². The third-order valence-corrected chi connectivity index (χ3v) is 5.97. The van der Waals surface area contributed by atoms with Gasteiger partial charge in [-0.3, -0.25) is 9.79 Å². The highest BCUT2D eigenvalue weighted by molar-refractivity contribution is 7.91. The van der Waals surface area contributed by atoms with Gasteiger partial charge in [-0.2, -0.15) is 0 Å². The molecule has 2 N–H and O–H groups in total. The predicted molar refractivity (Wildman–Crippen MR) is 90.4 cm³/mol. The van der Waals surface area contributed by atoms with Gasteiger partial charge in [0.1, 0.15) is 17.2 Å². The summed E-state index contributed by atoms with van der Waals surface area (Å²) in [6, 6.07) is 11.9. The summed E-state index contributed by atoms with van der Waals surface area (Å²) >= 11 is 0. The van der Waals surface area contributed by atoms with Gasteiger partial charge in [-0.05, 0) is 67.3 Å². The second-order valence-electron chi connectivity index (χ2n) is 5.85. The fourth-order valence-corrected chi connectivity index (χ4v) is 4.34. The van der Waals surface area contributed by atoms with E-state index in [9.17, 15) is 13.0 Å². The zero-order chi connectivity index (χ0) is 18.1. The van der Waals surface area contributed by atoms with Crippen LogP contribution in [0.5, 0.6) is 17.2 Å². The molecule has 9 heteroatoms. The lowest BCUT2D eigenvalue weighted by Gasteiger charge is -2.09. The zero-order valence-electron chi connectivity index (χ0n) is 13.1. The van der Waals surface area contributed by atoms with Gasteiger partial charge in [0, 0.05) is 0 Å². The van der Waals surface area contributed by atoms with Gasteiger partial charge >= 0.3 is 7.82 Å². The molecule has 1 aliphatic rings. The Kier molecular flexibility index (Phi) is 4.88. The van der Waals surface area contributed by atoms with Crippen molar-refractivity contribution < 1.29 is 32.0 Å². The molecule has 0 aliphatic heterocycles. The van der Waals surface area contributed by atoms with E-state index in [1.54, 1.807) is 12.1 Å². The minimum absolute atomic E-state index is 0.0159. The summed E-state index contributed by atoms with van der Waals surface area (Å²) in [6.45, 7) is 0. The molecule has 0 radical (unpaired) electrons. The molecule has 1 aliphatic carbocycles. The number of phosphoric ester groups is 1. The van der Waals surface area contributed by atoms with Crippen LogP contribution < -0.4 is 9.26 Å². The fourth-order valence-electron chi connectivity index (χ4n) is 2.25. The van der Waals surface area contributed by atoms with Crippen LogP contribution in [0, 0.1) is 5.92 Å². The number of hydrogen-bond acceptors (Lipinski definition) is 5. The molecule has 0 saturated heterocycles. The summed E-state index contributed by atoms with van der Waals surface area (Å²) in [7, 11) is -7.85. The van der Waals surface area contributed by atoms with E-state index in [0.717, 1.165) is 12.8 Å². The third-order valence-electron chi connectivity index (χ3n) is 3.62. The minimum atomic E-state index is -4.59. The summed E-state index contributed by atoms with van der Waals surface area (Å²) in [5.74, 6) is 1.37. The highest BCUT2D eigenvalue weighted by Gasteiger charge is 2.29. The maximum absolute atomic E-state index is 12.2. The molecule has 0 amide bonds. The smallest absolute Gasteiger partial charge is 0.457 e. The van der Waals surface area contributed by atoms with Crippen LogP contribution in [0.25, 0.3) is 0 Å². The molecule has 2 aromatic carbocycles. The first kappa shape index (κ1) is 17.9. The summed E-state index contributed by atoms with van der Waals surface area (Å²) < 4.78 is 45.1. The first-order chi connectivity index (χ1) is 11.7. The van der Waals surface area contributed by atoms with Crippen molar-refractivity contribution in [2.75, 3.05) is 5.75 Å². The largest absolute Gasteiger partial charge is 0.524 e. The van der Waals surface area contributed by atoms with E-state index in [0.29, 0.717) is 11.5 Å². The van der Waals surface area contributed by atoms with Gasteiger partial charge in [0.25, 0.3) is 0 Å². The molecule has 3 rings (SSSR count). The van der Waals surface area contributed by atoms with Crippen LogP contribution in [-0.2, 0) is 14.4 Å². The van der Waals surface area contributed by atoms with Crippen molar-refractivity contribution in [1.29, 1.82) is 0 Å². The van der Waals surface area contributed by atoms with Gasteiger partial charge in [0.05, 0.1) is 10.6 Å². The Labute approximate surface area is 145 Å². The number of phosphoric acid groups is 1. The standard InChI is InChI=1S/C16H17O7PS/c17-24(18,19)23-15-5-3-13(4-6-15)22-14-7-9-16(10-8-14)25(20,21)11-12-1-2-12/h3-10,12H,1-2,11H2,(H2,17,18,19). The number of ether oxygens (including phenoxy) is 1. The van der Waals surface area contributed by atoms with Crippen molar-refractivity contribution in [3.63, 3.8) is 0 Å². The molecule has 25 heavy (non-hydrogen) atoms. The Morgan fingerprint density at radius 2 is 1.40 bits per heavy atom. The molecule has 0 spiro atoms. The Morgan fingerprint density at radius 1 is 0.920 bits per heavy atom. The average molecular weight is 384 g/mol. The molecule has 2 aromatic rings. The van der Waals surface area contributed by atoms with Gasteiger partial charge in [-0.15, -0.1) is 0 Å². The lowest BCUT2D eigenvalue weighted by atomic mass is 10.3. The van der Waals surface area contributed by atoms with E-state index >= 15 is 0 Å². The lowest BCUT2D eigenvalue weighted by molar-refractivity contribution is 0.283. The molecule has 0 heterocycles. The lowest BCUT2D eigenvalue weighted by Crippen LogP contribution is -2.08. The fraction of sp³-hybridized carbons (Fsp3) is 0.250. The van der Waals surface area contributed by atoms with E-state index < -0.39 is 17.7 Å². The van der Waals surface area contributed by atoms with E-state index in [-0.39, 0.29) is 22.3 Å². The normalized spacial score (nSPS) is 15.0. The van der Waals surface area contributed by atoms with E-state index in [1.807, 2.05) is 0 Å². The highest BCUT2D eigenvalue weighted by atomic mass is 32.2. The summed E-state index contributed by atoms with van der Waals surface area (Å²) in [5.41, 5.74) is 0. The molecule has 1 fully saturated rings. The van der Waals surface area contributed by atoms with Crippen molar-refractivity contribution >= 4 is 17.7 Å². The molecular formula is C16H17O7PS. The van der Waals surface area contributed by atoms with E-state index in [1.165, 1.54) is 36.4 Å². The van der Waals surface area contributed by atoms with Gasteiger partial charge < -0.3 is 9.26 Å². The molecule has 1 saturated carbocycles. The van der Waals surface area contributed by atoms with Gasteiger partial charge in [0.2, 0.25) is 0 Å². The Hall–Kier alpha value is -1.86. The molecule has 0 unspecified atom stereocenters. The van der Waals surface area contributed by atoms with Crippen LogP contribution >= 0.6 is 7.82 Å². The zero-order valence-corrected chi connectivity index (χ0v) is 14.8.